The van der Waals surface area contributed by atoms with Gasteiger partial charge in [0, 0.05) is 32.4 Å². The molecule has 0 aromatic carbocycles. The van der Waals surface area contributed by atoms with Crippen LogP contribution in [0.1, 0.15) is 12.0 Å². The maximum absolute atomic E-state index is 5.84. The quantitative estimate of drug-likeness (QED) is 0.721. The number of pyridine rings is 1. The smallest absolute Gasteiger partial charge is 0.129 e. The van der Waals surface area contributed by atoms with E-state index >= 15 is 0 Å². The number of aromatic nitrogens is 1. The van der Waals surface area contributed by atoms with Crippen molar-refractivity contribution >= 4 is 11.6 Å². The fraction of sp³-hybridized carbons (Fsp3) is 0.545. The van der Waals surface area contributed by atoms with E-state index in [1.165, 1.54) is 5.56 Å². The van der Waals surface area contributed by atoms with Crippen molar-refractivity contribution in [2.75, 3.05) is 26.3 Å². The molecule has 0 aliphatic carbocycles. The molecule has 0 atom stereocenters. The second-order valence-corrected chi connectivity index (χ2v) is 4.12. The summed E-state index contributed by atoms with van der Waals surface area (Å²) >= 11 is 5.84. The third-order valence-electron chi connectivity index (χ3n) is 2.51. The van der Waals surface area contributed by atoms with E-state index in [-0.39, 0.29) is 0 Å². The van der Waals surface area contributed by atoms with Crippen LogP contribution >= 0.6 is 11.6 Å². The Hall–Kier alpha value is -0.640. The molecule has 0 amide bonds. The summed E-state index contributed by atoms with van der Waals surface area (Å²) in [4.78, 5) is 6.36. The molecule has 82 valence electrons. The highest BCUT2D eigenvalue weighted by Crippen LogP contribution is 2.11. The molecule has 1 aliphatic rings. The Kier molecular flexibility index (Phi) is 3.94. The monoisotopic (exact) mass is 226 g/mol. The van der Waals surface area contributed by atoms with Gasteiger partial charge >= 0.3 is 0 Å². The van der Waals surface area contributed by atoms with Crippen LogP contribution in [0.15, 0.2) is 18.3 Å². The largest absolute Gasteiger partial charge is 0.380 e. The van der Waals surface area contributed by atoms with Crippen molar-refractivity contribution in [2.24, 2.45) is 0 Å². The first-order valence-corrected chi connectivity index (χ1v) is 5.63. The van der Waals surface area contributed by atoms with E-state index < -0.39 is 0 Å². The minimum Gasteiger partial charge on any atom is -0.380 e. The summed E-state index contributed by atoms with van der Waals surface area (Å²) in [6.45, 7) is 4.75. The molecule has 0 radical (unpaired) electrons. The van der Waals surface area contributed by atoms with Crippen LogP contribution in [0.2, 0.25) is 5.15 Å². The van der Waals surface area contributed by atoms with Gasteiger partial charge in [-0.3, -0.25) is 4.90 Å². The molecule has 2 rings (SSSR count). The predicted molar refractivity (Wildman–Crippen MR) is 60.0 cm³/mol. The first-order chi connectivity index (χ1) is 7.34. The predicted octanol–water partition coefficient (Wildman–Crippen LogP) is 1.96. The average Bonchev–Trinajstić information content (AvgIpc) is 2.46. The van der Waals surface area contributed by atoms with E-state index in [1.807, 2.05) is 12.1 Å². The molecule has 0 bridgehead atoms. The Balaban J connectivity index is 1.95. The molecule has 0 unspecified atom stereocenters. The molecule has 1 aromatic rings. The molecule has 1 fully saturated rings. The standard InChI is InChI=1S/C11H15ClN2O/c12-11-8-10(2-3-13-11)9-14-4-1-6-15-7-5-14/h2-3,8H,1,4-7,9H2. The molecule has 1 aromatic heterocycles. The first-order valence-electron chi connectivity index (χ1n) is 5.25. The topological polar surface area (TPSA) is 25.4 Å². The SMILES string of the molecule is Clc1cc(CN2CCCOCC2)ccn1. The summed E-state index contributed by atoms with van der Waals surface area (Å²) in [5.74, 6) is 0. The normalized spacial score (nSPS) is 18.7. The van der Waals surface area contributed by atoms with Crippen molar-refractivity contribution in [3.8, 4) is 0 Å². The van der Waals surface area contributed by atoms with Crippen LogP contribution in [0, 0.1) is 0 Å². The van der Waals surface area contributed by atoms with Crippen LogP contribution in [-0.2, 0) is 11.3 Å². The fourth-order valence-corrected chi connectivity index (χ4v) is 1.95. The van der Waals surface area contributed by atoms with Crippen molar-refractivity contribution in [3.05, 3.63) is 29.0 Å². The van der Waals surface area contributed by atoms with Gasteiger partial charge in [-0.05, 0) is 24.1 Å². The lowest BCUT2D eigenvalue weighted by Crippen LogP contribution is -2.25. The highest BCUT2D eigenvalue weighted by Gasteiger charge is 2.09. The summed E-state index contributed by atoms with van der Waals surface area (Å²) in [7, 11) is 0. The first kappa shape index (κ1) is 10.9. The van der Waals surface area contributed by atoms with Gasteiger partial charge in [-0.1, -0.05) is 11.6 Å². The van der Waals surface area contributed by atoms with Crippen LogP contribution in [0.5, 0.6) is 0 Å². The highest BCUT2D eigenvalue weighted by atomic mass is 35.5. The number of hydrogen-bond acceptors (Lipinski definition) is 3. The second kappa shape index (κ2) is 5.45. The van der Waals surface area contributed by atoms with Crippen LogP contribution < -0.4 is 0 Å². The van der Waals surface area contributed by atoms with Gasteiger partial charge in [0.15, 0.2) is 0 Å². The van der Waals surface area contributed by atoms with E-state index in [2.05, 4.69) is 9.88 Å². The van der Waals surface area contributed by atoms with Crippen molar-refractivity contribution in [2.45, 2.75) is 13.0 Å². The summed E-state index contributed by atoms with van der Waals surface area (Å²) < 4.78 is 5.41. The molecule has 15 heavy (non-hydrogen) atoms. The second-order valence-electron chi connectivity index (χ2n) is 3.73. The lowest BCUT2D eigenvalue weighted by molar-refractivity contribution is 0.140. The van der Waals surface area contributed by atoms with Gasteiger partial charge < -0.3 is 4.74 Å². The Morgan fingerprint density at radius 1 is 1.40 bits per heavy atom. The average molecular weight is 227 g/mol. The minimum absolute atomic E-state index is 0.568. The van der Waals surface area contributed by atoms with E-state index in [4.69, 9.17) is 16.3 Å². The Morgan fingerprint density at radius 3 is 3.20 bits per heavy atom. The van der Waals surface area contributed by atoms with Crippen LogP contribution in [0.4, 0.5) is 0 Å². The third kappa shape index (κ3) is 3.45. The molecule has 3 nitrogen and oxygen atoms in total. The summed E-state index contributed by atoms with van der Waals surface area (Å²) in [6.07, 6.45) is 2.87. The molecular weight excluding hydrogens is 212 g/mol. The molecule has 0 saturated carbocycles. The van der Waals surface area contributed by atoms with Crippen molar-refractivity contribution in [1.82, 2.24) is 9.88 Å². The van der Waals surface area contributed by atoms with Crippen molar-refractivity contribution in [3.63, 3.8) is 0 Å². The maximum Gasteiger partial charge on any atom is 0.129 e. The van der Waals surface area contributed by atoms with Crippen molar-refractivity contribution < 1.29 is 4.74 Å². The van der Waals surface area contributed by atoms with Crippen LogP contribution in [-0.4, -0.2) is 36.2 Å². The Labute approximate surface area is 95.0 Å². The number of ether oxygens (including phenoxy) is 1. The summed E-state index contributed by atoms with van der Waals surface area (Å²) in [5, 5.41) is 0.568. The molecule has 1 saturated heterocycles. The van der Waals surface area contributed by atoms with E-state index in [1.54, 1.807) is 6.20 Å². The van der Waals surface area contributed by atoms with Gasteiger partial charge in [0.1, 0.15) is 5.15 Å². The zero-order chi connectivity index (χ0) is 10.5. The molecule has 4 heteroatoms. The van der Waals surface area contributed by atoms with Crippen LogP contribution in [0.25, 0.3) is 0 Å². The zero-order valence-electron chi connectivity index (χ0n) is 8.66. The van der Waals surface area contributed by atoms with E-state index in [9.17, 15) is 0 Å². The van der Waals surface area contributed by atoms with E-state index in [0.29, 0.717) is 5.15 Å². The molecule has 0 spiro atoms. The number of nitrogens with zero attached hydrogens (tertiary/aromatic N) is 2. The minimum atomic E-state index is 0.568. The van der Waals surface area contributed by atoms with Gasteiger partial charge in [0.05, 0.1) is 6.61 Å². The lowest BCUT2D eigenvalue weighted by atomic mass is 10.2. The summed E-state index contributed by atoms with van der Waals surface area (Å²) in [6, 6.07) is 3.94. The Morgan fingerprint density at radius 2 is 2.33 bits per heavy atom. The van der Waals surface area contributed by atoms with Gasteiger partial charge in [-0.15, -0.1) is 0 Å². The highest BCUT2D eigenvalue weighted by molar-refractivity contribution is 6.29. The number of rotatable bonds is 2. The van der Waals surface area contributed by atoms with Gasteiger partial charge in [0.25, 0.3) is 0 Å². The van der Waals surface area contributed by atoms with Crippen molar-refractivity contribution in [1.29, 1.82) is 0 Å². The lowest BCUT2D eigenvalue weighted by Gasteiger charge is -2.18. The molecular formula is C11H15ClN2O. The molecule has 1 aliphatic heterocycles. The van der Waals surface area contributed by atoms with Gasteiger partial charge in [-0.2, -0.15) is 0 Å². The molecule has 0 N–H and O–H groups in total. The Bertz CT molecular complexity index is 311. The third-order valence-corrected chi connectivity index (χ3v) is 2.72. The zero-order valence-corrected chi connectivity index (χ0v) is 9.41. The van der Waals surface area contributed by atoms with Gasteiger partial charge in [-0.25, -0.2) is 4.98 Å². The van der Waals surface area contributed by atoms with Crippen LogP contribution in [0.3, 0.4) is 0 Å². The van der Waals surface area contributed by atoms with Gasteiger partial charge in [0.2, 0.25) is 0 Å². The number of hydrogen-bond donors (Lipinski definition) is 0. The summed E-state index contributed by atoms with van der Waals surface area (Å²) in [5.41, 5.74) is 1.22. The number of halogens is 1. The van der Waals surface area contributed by atoms with E-state index in [0.717, 1.165) is 39.3 Å². The maximum atomic E-state index is 5.84. The molecule has 2 heterocycles. The fourth-order valence-electron chi connectivity index (χ4n) is 1.75.